The summed E-state index contributed by atoms with van der Waals surface area (Å²) in [7, 11) is 3.70. The van der Waals surface area contributed by atoms with E-state index in [2.05, 4.69) is 11.9 Å². The Morgan fingerprint density at radius 3 is 2.25 bits per heavy atom. The van der Waals surface area contributed by atoms with Crippen LogP contribution in [0, 0.1) is 0 Å². The summed E-state index contributed by atoms with van der Waals surface area (Å²) in [4.78, 5) is 2.23. The zero-order valence-corrected chi connectivity index (χ0v) is 12.5. The van der Waals surface area contributed by atoms with Crippen LogP contribution in [0.2, 0.25) is 5.02 Å². The van der Waals surface area contributed by atoms with Crippen LogP contribution in [0.15, 0.2) is 42.5 Å². The van der Waals surface area contributed by atoms with Gasteiger partial charge in [-0.15, -0.1) is 0 Å². The van der Waals surface area contributed by atoms with Gasteiger partial charge in [0.05, 0.1) is 12.8 Å². The summed E-state index contributed by atoms with van der Waals surface area (Å²) in [6.45, 7) is 1.69. The second kappa shape index (κ2) is 6.64. The van der Waals surface area contributed by atoms with Crippen molar-refractivity contribution < 1.29 is 4.74 Å². The fraction of sp³-hybridized carbons (Fsp3) is 0.250. The summed E-state index contributed by atoms with van der Waals surface area (Å²) in [5.41, 5.74) is 8.99. The molecule has 0 spiro atoms. The van der Waals surface area contributed by atoms with E-state index in [1.54, 1.807) is 7.11 Å². The Hall–Kier alpha value is -1.71. The van der Waals surface area contributed by atoms with Gasteiger partial charge in [-0.05, 0) is 42.4 Å². The van der Waals surface area contributed by atoms with Gasteiger partial charge in [0.1, 0.15) is 5.75 Å². The molecule has 2 aromatic rings. The number of nitrogen functional groups attached to an aromatic ring is 1. The molecule has 0 unspecified atom stereocenters. The third kappa shape index (κ3) is 3.89. The van der Waals surface area contributed by atoms with E-state index < -0.39 is 0 Å². The lowest BCUT2D eigenvalue weighted by Gasteiger charge is -2.17. The highest BCUT2D eigenvalue weighted by Crippen LogP contribution is 2.22. The number of nitrogens with two attached hydrogens (primary N) is 1. The molecule has 0 aliphatic heterocycles. The Labute approximate surface area is 124 Å². The van der Waals surface area contributed by atoms with Crippen LogP contribution in [0.1, 0.15) is 11.1 Å². The summed E-state index contributed by atoms with van der Waals surface area (Å²) in [6, 6.07) is 13.8. The monoisotopic (exact) mass is 290 g/mol. The molecule has 0 aliphatic rings. The fourth-order valence-electron chi connectivity index (χ4n) is 2.15. The lowest BCUT2D eigenvalue weighted by atomic mass is 10.1. The topological polar surface area (TPSA) is 38.5 Å². The minimum Gasteiger partial charge on any atom is -0.495 e. The molecule has 2 aromatic carbocycles. The molecular weight excluding hydrogens is 272 g/mol. The van der Waals surface area contributed by atoms with Gasteiger partial charge < -0.3 is 10.5 Å². The van der Waals surface area contributed by atoms with Crippen molar-refractivity contribution in [2.75, 3.05) is 19.9 Å². The predicted molar refractivity (Wildman–Crippen MR) is 84.0 cm³/mol. The Morgan fingerprint density at radius 1 is 1.05 bits per heavy atom. The Bertz CT molecular complexity index is 569. The van der Waals surface area contributed by atoms with Crippen LogP contribution in [0.5, 0.6) is 5.75 Å². The van der Waals surface area contributed by atoms with E-state index in [-0.39, 0.29) is 0 Å². The van der Waals surface area contributed by atoms with Gasteiger partial charge >= 0.3 is 0 Å². The van der Waals surface area contributed by atoms with Crippen LogP contribution in [-0.2, 0) is 13.1 Å². The molecule has 2 rings (SSSR count). The van der Waals surface area contributed by atoms with Crippen LogP contribution in [-0.4, -0.2) is 19.1 Å². The van der Waals surface area contributed by atoms with Crippen molar-refractivity contribution in [3.63, 3.8) is 0 Å². The normalized spacial score (nSPS) is 10.8. The highest BCUT2D eigenvalue weighted by atomic mass is 35.5. The highest BCUT2D eigenvalue weighted by Gasteiger charge is 2.05. The first kappa shape index (κ1) is 14.7. The van der Waals surface area contributed by atoms with Gasteiger partial charge in [-0.25, -0.2) is 0 Å². The van der Waals surface area contributed by atoms with Crippen molar-refractivity contribution in [3.05, 3.63) is 58.6 Å². The Morgan fingerprint density at radius 2 is 1.65 bits per heavy atom. The summed E-state index contributed by atoms with van der Waals surface area (Å²) >= 11 is 5.88. The lowest BCUT2D eigenvalue weighted by Crippen LogP contribution is -2.17. The van der Waals surface area contributed by atoms with E-state index in [0.717, 1.165) is 18.1 Å². The van der Waals surface area contributed by atoms with E-state index in [0.29, 0.717) is 11.4 Å². The van der Waals surface area contributed by atoms with Gasteiger partial charge in [-0.1, -0.05) is 29.8 Å². The molecule has 106 valence electrons. The van der Waals surface area contributed by atoms with Gasteiger partial charge in [0.25, 0.3) is 0 Å². The first-order chi connectivity index (χ1) is 9.58. The number of ether oxygens (including phenoxy) is 1. The third-order valence-electron chi connectivity index (χ3n) is 3.11. The third-order valence-corrected chi connectivity index (χ3v) is 3.36. The van der Waals surface area contributed by atoms with Gasteiger partial charge in [-0.2, -0.15) is 0 Å². The molecule has 0 radical (unpaired) electrons. The summed E-state index contributed by atoms with van der Waals surface area (Å²) in [6.07, 6.45) is 0. The largest absolute Gasteiger partial charge is 0.495 e. The van der Waals surface area contributed by atoms with Crippen molar-refractivity contribution >= 4 is 17.3 Å². The molecule has 0 saturated carbocycles. The van der Waals surface area contributed by atoms with Gasteiger partial charge in [-0.3, -0.25) is 4.90 Å². The summed E-state index contributed by atoms with van der Waals surface area (Å²) < 4.78 is 5.16. The average Bonchev–Trinajstić information content (AvgIpc) is 2.41. The maximum Gasteiger partial charge on any atom is 0.141 e. The Kier molecular flexibility index (Phi) is 4.88. The summed E-state index contributed by atoms with van der Waals surface area (Å²) in [5, 5.41) is 0.763. The van der Waals surface area contributed by atoms with E-state index >= 15 is 0 Å². The lowest BCUT2D eigenvalue weighted by molar-refractivity contribution is 0.319. The molecule has 20 heavy (non-hydrogen) atoms. The van der Waals surface area contributed by atoms with Crippen molar-refractivity contribution in [1.29, 1.82) is 0 Å². The summed E-state index contributed by atoms with van der Waals surface area (Å²) in [5.74, 6) is 0.717. The minimum atomic E-state index is 0.671. The van der Waals surface area contributed by atoms with Crippen LogP contribution in [0.4, 0.5) is 5.69 Å². The number of hydrogen-bond donors (Lipinski definition) is 1. The molecule has 0 amide bonds. The number of benzene rings is 2. The van der Waals surface area contributed by atoms with Crippen molar-refractivity contribution in [2.45, 2.75) is 13.1 Å². The molecule has 0 heterocycles. The second-order valence-corrected chi connectivity index (χ2v) is 5.31. The van der Waals surface area contributed by atoms with Crippen molar-refractivity contribution in [3.8, 4) is 5.75 Å². The molecular formula is C16H19ClN2O. The predicted octanol–water partition coefficient (Wildman–Crippen LogP) is 3.56. The SMILES string of the molecule is COc1ccc(CN(C)Cc2ccc(Cl)cc2)cc1N. The van der Waals surface area contributed by atoms with Crippen LogP contribution in [0.3, 0.4) is 0 Å². The standard InChI is InChI=1S/C16H19ClN2O/c1-19(10-12-3-6-14(17)7-4-12)11-13-5-8-16(20-2)15(18)9-13/h3-9H,10-11,18H2,1-2H3. The van der Waals surface area contributed by atoms with Gasteiger partial charge in [0.2, 0.25) is 0 Å². The van der Waals surface area contributed by atoms with Gasteiger partial charge in [0, 0.05) is 18.1 Å². The molecule has 0 aliphatic carbocycles. The first-order valence-corrected chi connectivity index (χ1v) is 6.81. The van der Waals surface area contributed by atoms with Crippen molar-refractivity contribution in [2.24, 2.45) is 0 Å². The molecule has 0 fully saturated rings. The number of halogens is 1. The highest BCUT2D eigenvalue weighted by molar-refractivity contribution is 6.30. The number of rotatable bonds is 5. The number of anilines is 1. The van der Waals surface area contributed by atoms with Gasteiger partial charge in [0.15, 0.2) is 0 Å². The van der Waals surface area contributed by atoms with Crippen LogP contribution >= 0.6 is 11.6 Å². The maximum absolute atomic E-state index is 5.92. The molecule has 0 aromatic heterocycles. The van der Waals surface area contributed by atoms with E-state index in [1.807, 2.05) is 42.5 Å². The zero-order chi connectivity index (χ0) is 14.5. The first-order valence-electron chi connectivity index (χ1n) is 6.44. The number of nitrogens with zero attached hydrogens (tertiary/aromatic N) is 1. The minimum absolute atomic E-state index is 0.671. The Balaban J connectivity index is 1.99. The van der Waals surface area contributed by atoms with Crippen LogP contribution in [0.25, 0.3) is 0 Å². The molecule has 0 atom stereocenters. The molecule has 0 bridgehead atoms. The number of methoxy groups -OCH3 is 1. The molecule has 0 saturated heterocycles. The van der Waals surface area contributed by atoms with E-state index in [4.69, 9.17) is 22.1 Å². The number of hydrogen-bond acceptors (Lipinski definition) is 3. The van der Waals surface area contributed by atoms with E-state index in [1.165, 1.54) is 11.1 Å². The molecule has 3 nitrogen and oxygen atoms in total. The maximum atomic E-state index is 5.92. The zero-order valence-electron chi connectivity index (χ0n) is 11.8. The quantitative estimate of drug-likeness (QED) is 0.856. The smallest absolute Gasteiger partial charge is 0.141 e. The average molecular weight is 291 g/mol. The van der Waals surface area contributed by atoms with Crippen LogP contribution < -0.4 is 10.5 Å². The van der Waals surface area contributed by atoms with Crippen molar-refractivity contribution in [1.82, 2.24) is 4.90 Å². The fourth-order valence-corrected chi connectivity index (χ4v) is 2.28. The molecule has 2 N–H and O–H groups in total. The second-order valence-electron chi connectivity index (χ2n) is 4.88. The van der Waals surface area contributed by atoms with E-state index in [9.17, 15) is 0 Å². The molecule has 4 heteroatoms.